The molecule has 0 bridgehead atoms. The van der Waals surface area contributed by atoms with E-state index in [1.807, 2.05) is 30.3 Å². The average molecular weight is 291 g/mol. The summed E-state index contributed by atoms with van der Waals surface area (Å²) < 4.78 is 5.25. The number of aliphatic hydroxyl groups excluding tert-OH is 1. The largest absolute Gasteiger partial charge is 0.444 e. The Morgan fingerprint density at radius 3 is 2.52 bits per heavy atom. The molecule has 1 unspecified atom stereocenters. The zero-order valence-electron chi connectivity index (χ0n) is 13.0. The molecule has 0 heterocycles. The predicted octanol–water partition coefficient (Wildman–Crippen LogP) is 3.06. The Labute approximate surface area is 126 Å². The number of hydrogen-bond acceptors (Lipinski definition) is 3. The van der Waals surface area contributed by atoms with Gasteiger partial charge in [0.05, 0.1) is 12.1 Å². The van der Waals surface area contributed by atoms with Crippen LogP contribution < -0.4 is 5.32 Å². The predicted molar refractivity (Wildman–Crippen MR) is 84.1 cm³/mol. The molecule has 1 aromatic rings. The third kappa shape index (κ3) is 6.95. The summed E-state index contributed by atoms with van der Waals surface area (Å²) in [6, 6.07) is 9.30. The van der Waals surface area contributed by atoms with Crippen LogP contribution in [0.25, 0.3) is 0 Å². The Morgan fingerprint density at radius 1 is 1.38 bits per heavy atom. The van der Waals surface area contributed by atoms with Crippen LogP contribution in [0.15, 0.2) is 43.0 Å². The smallest absolute Gasteiger partial charge is 0.407 e. The van der Waals surface area contributed by atoms with Gasteiger partial charge in [-0.2, -0.15) is 0 Å². The summed E-state index contributed by atoms with van der Waals surface area (Å²) in [5, 5.41) is 12.9. The minimum Gasteiger partial charge on any atom is -0.444 e. The third-order valence-electron chi connectivity index (χ3n) is 2.87. The molecule has 0 aliphatic heterocycles. The van der Waals surface area contributed by atoms with Crippen molar-refractivity contribution >= 4 is 6.09 Å². The van der Waals surface area contributed by atoms with Gasteiger partial charge in [-0.25, -0.2) is 4.79 Å². The molecule has 116 valence electrons. The van der Waals surface area contributed by atoms with E-state index in [0.717, 1.165) is 5.56 Å². The lowest BCUT2D eigenvalue weighted by molar-refractivity contribution is 0.0425. The molecule has 21 heavy (non-hydrogen) atoms. The molecule has 0 saturated carbocycles. The van der Waals surface area contributed by atoms with Crippen molar-refractivity contribution in [2.45, 2.75) is 51.4 Å². The number of nitrogens with one attached hydrogen (secondary N) is 1. The number of amides is 1. The van der Waals surface area contributed by atoms with Crippen molar-refractivity contribution in [3.05, 3.63) is 48.6 Å². The SMILES string of the molecule is C=CCC(O)[C@H](Cc1ccccc1)NC(=O)OC(C)(C)C. The molecule has 1 aromatic carbocycles. The van der Waals surface area contributed by atoms with Gasteiger partial charge in [-0.15, -0.1) is 6.58 Å². The van der Waals surface area contributed by atoms with E-state index in [1.54, 1.807) is 26.8 Å². The fraction of sp³-hybridized carbons (Fsp3) is 0.471. The van der Waals surface area contributed by atoms with Crippen LogP contribution >= 0.6 is 0 Å². The van der Waals surface area contributed by atoms with Crippen LogP contribution in [0.5, 0.6) is 0 Å². The maximum absolute atomic E-state index is 11.9. The zero-order chi connectivity index (χ0) is 15.9. The molecule has 0 fully saturated rings. The molecule has 0 radical (unpaired) electrons. The summed E-state index contributed by atoms with van der Waals surface area (Å²) in [5.41, 5.74) is 0.479. The molecule has 0 aliphatic rings. The summed E-state index contributed by atoms with van der Waals surface area (Å²) >= 11 is 0. The average Bonchev–Trinajstić information content (AvgIpc) is 2.37. The molecule has 0 aliphatic carbocycles. The molecule has 2 atom stereocenters. The van der Waals surface area contributed by atoms with Crippen molar-refractivity contribution in [3.63, 3.8) is 0 Å². The molecule has 0 aromatic heterocycles. The normalized spacial score (nSPS) is 14.1. The van der Waals surface area contributed by atoms with Crippen molar-refractivity contribution in [2.75, 3.05) is 0 Å². The highest BCUT2D eigenvalue weighted by atomic mass is 16.6. The first-order valence-corrected chi connectivity index (χ1v) is 7.14. The molecule has 1 rings (SSSR count). The maximum atomic E-state index is 11.9. The van der Waals surface area contributed by atoms with Crippen molar-refractivity contribution in [1.82, 2.24) is 5.32 Å². The molecule has 1 amide bonds. The van der Waals surface area contributed by atoms with Crippen LogP contribution in [0.1, 0.15) is 32.8 Å². The lowest BCUT2D eigenvalue weighted by Crippen LogP contribution is -2.46. The van der Waals surface area contributed by atoms with Gasteiger partial charge in [0.15, 0.2) is 0 Å². The molecule has 2 N–H and O–H groups in total. The van der Waals surface area contributed by atoms with E-state index >= 15 is 0 Å². The van der Waals surface area contributed by atoms with Gasteiger partial charge in [-0.1, -0.05) is 36.4 Å². The summed E-state index contributed by atoms with van der Waals surface area (Å²) in [6.45, 7) is 9.04. The number of alkyl carbamates (subject to hydrolysis) is 1. The highest BCUT2D eigenvalue weighted by Gasteiger charge is 2.24. The first-order chi connectivity index (χ1) is 9.81. The molecule has 0 spiro atoms. The molecular formula is C17H25NO3. The van der Waals surface area contributed by atoms with Gasteiger partial charge in [0.1, 0.15) is 5.60 Å². The summed E-state index contributed by atoms with van der Waals surface area (Å²) in [6.07, 6.45) is 1.36. The van der Waals surface area contributed by atoms with Crippen molar-refractivity contribution in [3.8, 4) is 0 Å². The van der Waals surface area contributed by atoms with Gasteiger partial charge in [-0.3, -0.25) is 0 Å². The second-order valence-electron chi connectivity index (χ2n) is 6.03. The van der Waals surface area contributed by atoms with Crippen LogP contribution in [0.4, 0.5) is 4.79 Å². The maximum Gasteiger partial charge on any atom is 0.407 e. The lowest BCUT2D eigenvalue weighted by Gasteiger charge is -2.26. The molecule has 0 saturated heterocycles. The van der Waals surface area contributed by atoms with E-state index in [2.05, 4.69) is 11.9 Å². The molecule has 4 heteroatoms. The van der Waals surface area contributed by atoms with E-state index in [9.17, 15) is 9.90 Å². The summed E-state index contributed by atoms with van der Waals surface area (Å²) in [7, 11) is 0. The fourth-order valence-electron chi connectivity index (χ4n) is 1.95. The Morgan fingerprint density at radius 2 is 2.00 bits per heavy atom. The first kappa shape index (κ1) is 17.2. The van der Waals surface area contributed by atoms with Crippen molar-refractivity contribution in [1.29, 1.82) is 0 Å². The molecular weight excluding hydrogens is 266 g/mol. The van der Waals surface area contributed by atoms with Crippen LogP contribution in [-0.4, -0.2) is 28.9 Å². The van der Waals surface area contributed by atoms with Gasteiger partial charge in [0.25, 0.3) is 0 Å². The Bertz CT molecular complexity index is 451. The number of carbonyl (C=O) groups is 1. The minimum absolute atomic E-state index is 0.410. The number of ether oxygens (including phenoxy) is 1. The first-order valence-electron chi connectivity index (χ1n) is 7.14. The van der Waals surface area contributed by atoms with E-state index in [1.165, 1.54) is 0 Å². The fourth-order valence-corrected chi connectivity index (χ4v) is 1.95. The van der Waals surface area contributed by atoms with E-state index in [-0.39, 0.29) is 0 Å². The van der Waals surface area contributed by atoms with Crippen LogP contribution in [0, 0.1) is 0 Å². The van der Waals surface area contributed by atoms with Gasteiger partial charge >= 0.3 is 6.09 Å². The Kier molecular flexibility index (Phi) is 6.43. The monoisotopic (exact) mass is 291 g/mol. The standard InChI is InChI=1S/C17H25NO3/c1-5-9-15(19)14(12-13-10-7-6-8-11-13)18-16(20)21-17(2,3)4/h5-8,10-11,14-15,19H,1,9,12H2,2-4H3,(H,18,20)/t14-,15?/m0/s1. The van der Waals surface area contributed by atoms with Gasteiger partial charge < -0.3 is 15.2 Å². The van der Waals surface area contributed by atoms with Crippen LogP contribution in [0.2, 0.25) is 0 Å². The minimum atomic E-state index is -0.699. The van der Waals surface area contributed by atoms with Crippen molar-refractivity contribution in [2.24, 2.45) is 0 Å². The lowest BCUT2D eigenvalue weighted by atomic mass is 9.99. The quantitative estimate of drug-likeness (QED) is 0.792. The van der Waals surface area contributed by atoms with Gasteiger partial charge in [-0.05, 0) is 39.2 Å². The number of aliphatic hydroxyl groups is 1. The number of carbonyl (C=O) groups excluding carboxylic acids is 1. The highest BCUT2D eigenvalue weighted by Crippen LogP contribution is 2.11. The van der Waals surface area contributed by atoms with Gasteiger partial charge in [0.2, 0.25) is 0 Å². The second-order valence-corrected chi connectivity index (χ2v) is 6.03. The van der Waals surface area contributed by atoms with Crippen LogP contribution in [0.3, 0.4) is 0 Å². The summed E-state index contributed by atoms with van der Waals surface area (Å²) in [5.74, 6) is 0. The third-order valence-corrected chi connectivity index (χ3v) is 2.87. The summed E-state index contributed by atoms with van der Waals surface area (Å²) in [4.78, 5) is 11.9. The number of benzene rings is 1. The van der Waals surface area contributed by atoms with E-state index in [4.69, 9.17) is 4.74 Å². The zero-order valence-corrected chi connectivity index (χ0v) is 13.0. The van der Waals surface area contributed by atoms with E-state index in [0.29, 0.717) is 12.8 Å². The second kappa shape index (κ2) is 7.84. The topological polar surface area (TPSA) is 58.6 Å². The molecule has 4 nitrogen and oxygen atoms in total. The van der Waals surface area contributed by atoms with Crippen molar-refractivity contribution < 1.29 is 14.6 Å². The Balaban J connectivity index is 2.73. The number of rotatable bonds is 6. The Hall–Kier alpha value is -1.81. The number of hydrogen-bond donors (Lipinski definition) is 2. The van der Waals surface area contributed by atoms with Gasteiger partial charge in [0, 0.05) is 0 Å². The van der Waals surface area contributed by atoms with E-state index < -0.39 is 23.8 Å². The van der Waals surface area contributed by atoms with Crippen LogP contribution in [-0.2, 0) is 11.2 Å². The highest BCUT2D eigenvalue weighted by molar-refractivity contribution is 5.68.